The predicted molar refractivity (Wildman–Crippen MR) is 115 cm³/mol. The van der Waals surface area contributed by atoms with Gasteiger partial charge in [-0.15, -0.1) is 0 Å². The zero-order valence-corrected chi connectivity index (χ0v) is 16.9. The van der Waals surface area contributed by atoms with Crippen LogP contribution in [0.2, 0.25) is 0 Å². The Morgan fingerprint density at radius 3 is 2.26 bits per heavy atom. The fourth-order valence-electron chi connectivity index (χ4n) is 3.04. The van der Waals surface area contributed by atoms with Gasteiger partial charge in [0.25, 0.3) is 0 Å². The molecule has 0 saturated heterocycles. The molecule has 27 heavy (non-hydrogen) atoms. The van der Waals surface area contributed by atoms with Gasteiger partial charge in [0.15, 0.2) is 0 Å². The molecule has 0 unspecified atom stereocenters. The van der Waals surface area contributed by atoms with Crippen molar-refractivity contribution in [3.63, 3.8) is 0 Å². The Morgan fingerprint density at radius 1 is 0.778 bits per heavy atom. The Balaban J connectivity index is 1.37. The van der Waals surface area contributed by atoms with E-state index in [1.807, 2.05) is 24.3 Å². The molecule has 3 aromatic rings. The highest BCUT2D eigenvalue weighted by molar-refractivity contribution is 9.10. The highest BCUT2D eigenvalue weighted by atomic mass is 79.9. The largest absolute Gasteiger partial charge is 0.352 e. The van der Waals surface area contributed by atoms with Crippen LogP contribution in [-0.2, 0) is 17.8 Å². The molecular formula is C24H24BrNO. The lowest BCUT2D eigenvalue weighted by molar-refractivity contribution is -0.121. The normalized spacial score (nSPS) is 10.6. The Labute approximate surface area is 169 Å². The molecule has 0 atom stereocenters. The number of aryl methyl sites for hydroxylation is 1. The summed E-state index contributed by atoms with van der Waals surface area (Å²) in [7, 11) is 0. The van der Waals surface area contributed by atoms with Crippen LogP contribution in [0.1, 0.15) is 30.4 Å². The Bertz CT molecular complexity index is 859. The van der Waals surface area contributed by atoms with Crippen molar-refractivity contribution in [1.82, 2.24) is 5.32 Å². The molecule has 0 spiro atoms. The monoisotopic (exact) mass is 421 g/mol. The maximum atomic E-state index is 12.1. The summed E-state index contributed by atoms with van der Waals surface area (Å²) in [5, 5.41) is 3.02. The van der Waals surface area contributed by atoms with Crippen molar-refractivity contribution >= 4 is 21.8 Å². The van der Waals surface area contributed by atoms with Crippen LogP contribution >= 0.6 is 15.9 Å². The van der Waals surface area contributed by atoms with Crippen LogP contribution in [0.3, 0.4) is 0 Å². The smallest absolute Gasteiger partial charge is 0.220 e. The second kappa shape index (κ2) is 10.1. The lowest BCUT2D eigenvalue weighted by Gasteiger charge is -2.07. The summed E-state index contributed by atoms with van der Waals surface area (Å²) < 4.78 is 1.11. The molecule has 3 rings (SSSR count). The van der Waals surface area contributed by atoms with Crippen LogP contribution in [0.4, 0.5) is 0 Å². The van der Waals surface area contributed by atoms with Gasteiger partial charge in [0, 0.05) is 17.4 Å². The molecule has 3 heteroatoms. The van der Waals surface area contributed by atoms with Gasteiger partial charge in [-0.3, -0.25) is 4.79 Å². The summed E-state index contributed by atoms with van der Waals surface area (Å²) in [6.07, 6.45) is 3.52. The molecule has 0 bridgehead atoms. The third-order valence-corrected chi connectivity index (χ3v) is 5.05. The molecule has 0 aliphatic heterocycles. The van der Waals surface area contributed by atoms with Crippen LogP contribution in [0.25, 0.3) is 11.1 Å². The van der Waals surface area contributed by atoms with E-state index in [4.69, 9.17) is 0 Å². The molecule has 1 amide bonds. The number of hydrogen-bond donors (Lipinski definition) is 1. The summed E-state index contributed by atoms with van der Waals surface area (Å²) in [6.45, 7) is 0.583. The number of nitrogens with one attached hydrogen (secondary N) is 1. The minimum atomic E-state index is 0.122. The third kappa shape index (κ3) is 6.37. The van der Waals surface area contributed by atoms with E-state index in [2.05, 4.69) is 75.8 Å². The van der Waals surface area contributed by atoms with E-state index in [0.717, 1.165) is 29.3 Å². The summed E-state index contributed by atoms with van der Waals surface area (Å²) in [6, 6.07) is 27.0. The second-order valence-electron chi connectivity index (χ2n) is 6.68. The van der Waals surface area contributed by atoms with Crippen LogP contribution in [0, 0.1) is 0 Å². The highest BCUT2D eigenvalue weighted by Gasteiger charge is 2.03. The van der Waals surface area contributed by atoms with E-state index < -0.39 is 0 Å². The molecule has 0 aliphatic rings. The van der Waals surface area contributed by atoms with Gasteiger partial charge in [-0.05, 0) is 53.6 Å². The maximum absolute atomic E-state index is 12.1. The van der Waals surface area contributed by atoms with Crippen molar-refractivity contribution in [1.29, 1.82) is 0 Å². The summed E-state index contributed by atoms with van der Waals surface area (Å²) in [4.78, 5) is 12.1. The number of rotatable bonds is 8. The summed E-state index contributed by atoms with van der Waals surface area (Å²) in [5.41, 5.74) is 4.83. The number of benzene rings is 3. The third-order valence-electron chi connectivity index (χ3n) is 4.56. The molecule has 0 radical (unpaired) electrons. The first kappa shape index (κ1) is 19.4. The molecule has 138 valence electrons. The number of halogens is 1. The zero-order valence-electron chi connectivity index (χ0n) is 15.3. The van der Waals surface area contributed by atoms with Gasteiger partial charge < -0.3 is 5.32 Å². The number of unbranched alkanes of at least 4 members (excludes halogenated alkanes) is 1. The minimum absolute atomic E-state index is 0.122. The Morgan fingerprint density at radius 2 is 1.52 bits per heavy atom. The fraction of sp³-hybridized carbons (Fsp3) is 0.208. The molecule has 1 N–H and O–H groups in total. The van der Waals surface area contributed by atoms with Gasteiger partial charge in [-0.1, -0.05) is 82.7 Å². The number of carbonyl (C=O) groups excluding carboxylic acids is 1. The molecule has 0 aliphatic carbocycles. The molecule has 3 aromatic carbocycles. The van der Waals surface area contributed by atoms with Crippen LogP contribution in [-0.4, -0.2) is 5.91 Å². The van der Waals surface area contributed by atoms with Crippen molar-refractivity contribution in [3.05, 3.63) is 94.5 Å². The van der Waals surface area contributed by atoms with Crippen LogP contribution in [0.15, 0.2) is 83.3 Å². The van der Waals surface area contributed by atoms with E-state index in [1.54, 1.807) is 0 Å². The zero-order chi connectivity index (χ0) is 18.9. The number of amides is 1. The summed E-state index contributed by atoms with van der Waals surface area (Å²) in [5.74, 6) is 0.122. The van der Waals surface area contributed by atoms with Crippen LogP contribution in [0.5, 0.6) is 0 Å². The molecule has 2 nitrogen and oxygen atoms in total. The van der Waals surface area contributed by atoms with E-state index in [9.17, 15) is 4.79 Å². The van der Waals surface area contributed by atoms with Gasteiger partial charge in [-0.2, -0.15) is 0 Å². The first-order valence-electron chi connectivity index (χ1n) is 9.36. The van der Waals surface area contributed by atoms with Crippen LogP contribution < -0.4 is 5.32 Å². The van der Waals surface area contributed by atoms with Gasteiger partial charge in [0.05, 0.1) is 0 Å². The van der Waals surface area contributed by atoms with Crippen molar-refractivity contribution in [2.24, 2.45) is 0 Å². The van der Waals surface area contributed by atoms with E-state index in [1.165, 1.54) is 16.7 Å². The standard InChI is InChI=1S/C24H24BrNO/c25-23-11-6-8-19(17-23)7-4-5-12-24(27)26-18-20-13-15-22(16-14-20)21-9-2-1-3-10-21/h1-3,6,8-11,13-17H,4-5,7,12,18H2,(H,26,27). The molecular weight excluding hydrogens is 398 g/mol. The molecule has 0 fully saturated rings. The molecule has 0 heterocycles. The van der Waals surface area contributed by atoms with Gasteiger partial charge >= 0.3 is 0 Å². The van der Waals surface area contributed by atoms with Gasteiger partial charge in [0.1, 0.15) is 0 Å². The second-order valence-corrected chi connectivity index (χ2v) is 7.59. The summed E-state index contributed by atoms with van der Waals surface area (Å²) >= 11 is 3.49. The fourth-order valence-corrected chi connectivity index (χ4v) is 3.49. The number of hydrogen-bond acceptors (Lipinski definition) is 1. The van der Waals surface area contributed by atoms with Crippen molar-refractivity contribution in [2.75, 3.05) is 0 Å². The van der Waals surface area contributed by atoms with E-state index in [-0.39, 0.29) is 5.91 Å². The maximum Gasteiger partial charge on any atom is 0.220 e. The average molecular weight is 422 g/mol. The lowest BCUT2D eigenvalue weighted by Crippen LogP contribution is -2.22. The van der Waals surface area contributed by atoms with Gasteiger partial charge in [0.2, 0.25) is 5.91 Å². The first-order valence-corrected chi connectivity index (χ1v) is 10.2. The average Bonchev–Trinajstić information content (AvgIpc) is 2.71. The lowest BCUT2D eigenvalue weighted by atomic mass is 10.0. The van der Waals surface area contributed by atoms with E-state index >= 15 is 0 Å². The quantitative estimate of drug-likeness (QED) is 0.434. The highest BCUT2D eigenvalue weighted by Crippen LogP contribution is 2.19. The topological polar surface area (TPSA) is 29.1 Å². The number of carbonyl (C=O) groups is 1. The minimum Gasteiger partial charge on any atom is -0.352 e. The van der Waals surface area contributed by atoms with Crippen molar-refractivity contribution < 1.29 is 4.79 Å². The predicted octanol–water partition coefficient (Wildman–Crippen LogP) is 6.15. The Hall–Kier alpha value is -2.39. The van der Waals surface area contributed by atoms with Gasteiger partial charge in [-0.25, -0.2) is 0 Å². The first-order chi connectivity index (χ1) is 13.2. The SMILES string of the molecule is O=C(CCCCc1cccc(Br)c1)NCc1ccc(-c2ccccc2)cc1. The van der Waals surface area contributed by atoms with E-state index in [0.29, 0.717) is 13.0 Å². The molecule has 0 aromatic heterocycles. The van der Waals surface area contributed by atoms with Crippen molar-refractivity contribution in [3.8, 4) is 11.1 Å². The van der Waals surface area contributed by atoms with Crippen molar-refractivity contribution in [2.45, 2.75) is 32.2 Å². The molecule has 0 saturated carbocycles. The Kier molecular flexibility index (Phi) is 7.23.